The molecule has 0 aliphatic rings. The maximum absolute atomic E-state index is 12.9. The smallest absolute Gasteiger partial charge is 0.253 e. The fourth-order valence-corrected chi connectivity index (χ4v) is 5.29. The molecule has 0 saturated carbocycles. The Morgan fingerprint density at radius 3 is 2.38 bits per heavy atom. The van der Waals surface area contributed by atoms with Gasteiger partial charge in [-0.25, -0.2) is 13.4 Å². The van der Waals surface area contributed by atoms with Gasteiger partial charge >= 0.3 is 0 Å². The maximum atomic E-state index is 12.9. The second-order valence-corrected chi connectivity index (χ2v) is 10.6. The van der Waals surface area contributed by atoms with E-state index >= 15 is 0 Å². The van der Waals surface area contributed by atoms with Gasteiger partial charge in [-0.15, -0.1) is 11.3 Å². The number of aryl methyl sites for hydroxylation is 2. The van der Waals surface area contributed by atoms with Crippen LogP contribution in [0.2, 0.25) is 0 Å². The summed E-state index contributed by atoms with van der Waals surface area (Å²) in [6, 6.07) is 5.95. The van der Waals surface area contributed by atoms with Gasteiger partial charge in [-0.1, -0.05) is 0 Å². The molecule has 2 heterocycles. The van der Waals surface area contributed by atoms with Crippen molar-refractivity contribution in [3.8, 4) is 0 Å². The van der Waals surface area contributed by atoms with Crippen LogP contribution >= 0.6 is 11.3 Å². The summed E-state index contributed by atoms with van der Waals surface area (Å²) in [7, 11) is -0.289. The Labute approximate surface area is 175 Å². The van der Waals surface area contributed by atoms with Crippen LogP contribution in [0.3, 0.4) is 0 Å². The molecule has 0 aliphatic carbocycles. The number of fused-ring (bicyclic) bond motifs is 1. The summed E-state index contributed by atoms with van der Waals surface area (Å²) in [5.74, 6) is -0.174. The van der Waals surface area contributed by atoms with Gasteiger partial charge in [-0.3, -0.25) is 9.20 Å². The molecule has 29 heavy (non-hydrogen) atoms. The van der Waals surface area contributed by atoms with Crippen molar-refractivity contribution in [2.45, 2.75) is 45.2 Å². The summed E-state index contributed by atoms with van der Waals surface area (Å²) < 4.78 is 28.5. The van der Waals surface area contributed by atoms with E-state index in [-0.39, 0.29) is 16.8 Å². The van der Waals surface area contributed by atoms with Crippen LogP contribution in [0, 0.1) is 13.8 Å². The number of sulfonamides is 1. The third kappa shape index (κ3) is 4.08. The van der Waals surface area contributed by atoms with Crippen molar-refractivity contribution in [1.29, 1.82) is 0 Å². The van der Waals surface area contributed by atoms with E-state index in [0.717, 1.165) is 21.2 Å². The van der Waals surface area contributed by atoms with Crippen molar-refractivity contribution in [2.75, 3.05) is 14.1 Å². The van der Waals surface area contributed by atoms with E-state index in [1.54, 1.807) is 42.5 Å². The predicted octanol–water partition coefficient (Wildman–Crippen LogP) is 3.31. The SMILES string of the molecule is Cc1cn2c(CN(C)C(=O)c3ccc(S(=O)(=O)N(C)C(C)C)cc3)c(C)nc2s1. The number of hydrogen-bond donors (Lipinski definition) is 0. The van der Waals surface area contributed by atoms with Crippen LogP contribution in [-0.4, -0.2) is 53.1 Å². The van der Waals surface area contributed by atoms with Gasteiger partial charge in [-0.2, -0.15) is 4.31 Å². The predicted molar refractivity (Wildman–Crippen MR) is 115 cm³/mol. The zero-order valence-electron chi connectivity index (χ0n) is 17.5. The number of nitrogens with zero attached hydrogens (tertiary/aromatic N) is 4. The van der Waals surface area contributed by atoms with Crippen molar-refractivity contribution < 1.29 is 13.2 Å². The molecule has 0 bridgehead atoms. The molecule has 156 valence electrons. The number of aromatic nitrogens is 2. The second-order valence-electron chi connectivity index (χ2n) is 7.44. The Bertz CT molecular complexity index is 1140. The first-order valence-electron chi connectivity index (χ1n) is 9.30. The van der Waals surface area contributed by atoms with E-state index in [9.17, 15) is 13.2 Å². The van der Waals surface area contributed by atoms with Gasteiger partial charge in [0.15, 0.2) is 4.96 Å². The molecule has 0 spiro atoms. The second kappa shape index (κ2) is 7.89. The normalized spacial score (nSPS) is 12.3. The van der Waals surface area contributed by atoms with Gasteiger partial charge in [-0.05, 0) is 52.0 Å². The van der Waals surface area contributed by atoms with E-state index in [4.69, 9.17) is 0 Å². The number of carbonyl (C=O) groups is 1. The summed E-state index contributed by atoms with van der Waals surface area (Å²) in [5.41, 5.74) is 2.31. The molecule has 9 heteroatoms. The Balaban J connectivity index is 1.80. The molecule has 0 atom stereocenters. The lowest BCUT2D eigenvalue weighted by Crippen LogP contribution is -2.33. The van der Waals surface area contributed by atoms with E-state index in [1.807, 2.05) is 38.3 Å². The number of benzene rings is 1. The Kier molecular flexibility index (Phi) is 5.84. The lowest BCUT2D eigenvalue weighted by molar-refractivity contribution is 0.0783. The standard InChI is InChI=1S/C20H26N4O3S2/c1-13(2)23(6)29(26,27)17-9-7-16(8-10-17)19(25)22(5)12-18-15(4)21-20-24(18)11-14(3)28-20/h7-11,13H,12H2,1-6H3. The molecule has 7 nitrogen and oxygen atoms in total. The van der Waals surface area contributed by atoms with E-state index in [1.165, 1.54) is 16.4 Å². The molecule has 1 aromatic carbocycles. The van der Waals surface area contributed by atoms with Crippen LogP contribution in [0.4, 0.5) is 0 Å². The Morgan fingerprint density at radius 2 is 1.79 bits per heavy atom. The topological polar surface area (TPSA) is 75.0 Å². The molecule has 1 amide bonds. The molecule has 0 radical (unpaired) electrons. The van der Waals surface area contributed by atoms with E-state index in [2.05, 4.69) is 4.98 Å². The number of carbonyl (C=O) groups excluding carboxylic acids is 1. The maximum Gasteiger partial charge on any atom is 0.253 e. The number of hydrogen-bond acceptors (Lipinski definition) is 5. The molecule has 0 N–H and O–H groups in total. The first kappa shape index (κ1) is 21.5. The van der Waals surface area contributed by atoms with E-state index in [0.29, 0.717) is 12.1 Å². The zero-order valence-corrected chi connectivity index (χ0v) is 19.1. The summed E-state index contributed by atoms with van der Waals surface area (Å²) in [5, 5.41) is 0. The first-order chi connectivity index (χ1) is 13.5. The van der Waals surface area contributed by atoms with Gasteiger partial charge in [0.1, 0.15) is 0 Å². The third-order valence-corrected chi connectivity index (χ3v) is 7.93. The minimum absolute atomic E-state index is 0.149. The lowest BCUT2D eigenvalue weighted by atomic mass is 10.2. The summed E-state index contributed by atoms with van der Waals surface area (Å²) >= 11 is 1.61. The van der Waals surface area contributed by atoms with Crippen LogP contribution in [0.25, 0.3) is 4.96 Å². The summed E-state index contributed by atoms with van der Waals surface area (Å²) in [6.07, 6.45) is 2.03. The minimum Gasteiger partial charge on any atom is -0.336 e. The van der Waals surface area contributed by atoms with Gasteiger partial charge in [0.2, 0.25) is 10.0 Å². The van der Waals surface area contributed by atoms with E-state index < -0.39 is 10.0 Å². The van der Waals surface area contributed by atoms with Gasteiger partial charge < -0.3 is 4.90 Å². The molecule has 3 aromatic rings. The first-order valence-corrected chi connectivity index (χ1v) is 11.6. The molecule has 0 unspecified atom stereocenters. The molecular formula is C20H26N4O3S2. The highest BCUT2D eigenvalue weighted by Gasteiger charge is 2.24. The summed E-state index contributed by atoms with van der Waals surface area (Å²) in [4.78, 5) is 21.3. The van der Waals surface area contributed by atoms with Crippen molar-refractivity contribution in [1.82, 2.24) is 18.6 Å². The monoisotopic (exact) mass is 434 g/mol. The molecule has 0 aliphatic heterocycles. The molecule has 2 aromatic heterocycles. The van der Waals surface area contributed by atoms with Crippen molar-refractivity contribution >= 4 is 32.2 Å². The Hall–Kier alpha value is -2.23. The highest BCUT2D eigenvalue weighted by Crippen LogP contribution is 2.22. The fraction of sp³-hybridized carbons (Fsp3) is 0.400. The van der Waals surface area contributed by atoms with Gasteiger partial charge in [0.25, 0.3) is 5.91 Å². The largest absolute Gasteiger partial charge is 0.336 e. The fourth-order valence-electron chi connectivity index (χ4n) is 3.03. The number of imidazole rings is 1. The summed E-state index contributed by atoms with van der Waals surface area (Å²) in [6.45, 7) is 8.01. The van der Waals surface area contributed by atoms with Crippen molar-refractivity contribution in [3.63, 3.8) is 0 Å². The Morgan fingerprint density at radius 1 is 1.17 bits per heavy atom. The van der Waals surface area contributed by atoms with Gasteiger partial charge in [0, 0.05) is 36.8 Å². The quantitative estimate of drug-likeness (QED) is 0.596. The van der Waals surface area contributed by atoms with Gasteiger partial charge in [0.05, 0.1) is 22.8 Å². The number of rotatable bonds is 6. The minimum atomic E-state index is -3.57. The van der Waals surface area contributed by atoms with Crippen LogP contribution in [0.15, 0.2) is 35.4 Å². The van der Waals surface area contributed by atoms with Crippen molar-refractivity contribution in [3.05, 3.63) is 52.3 Å². The zero-order chi connectivity index (χ0) is 21.5. The molecule has 3 rings (SSSR count). The molecular weight excluding hydrogens is 408 g/mol. The highest BCUT2D eigenvalue weighted by atomic mass is 32.2. The van der Waals surface area contributed by atoms with Crippen LogP contribution in [0.1, 0.15) is 40.5 Å². The molecule has 0 fully saturated rings. The van der Waals surface area contributed by atoms with Crippen LogP contribution < -0.4 is 0 Å². The lowest BCUT2D eigenvalue weighted by Gasteiger charge is -2.21. The highest BCUT2D eigenvalue weighted by molar-refractivity contribution is 7.89. The average molecular weight is 435 g/mol. The third-order valence-electron chi connectivity index (χ3n) is 4.98. The van der Waals surface area contributed by atoms with Crippen molar-refractivity contribution in [2.24, 2.45) is 0 Å². The number of thiazole rings is 1. The van der Waals surface area contributed by atoms with Crippen LogP contribution in [0.5, 0.6) is 0 Å². The molecule has 0 saturated heterocycles. The number of amides is 1. The van der Waals surface area contributed by atoms with Crippen LogP contribution in [-0.2, 0) is 16.6 Å². The average Bonchev–Trinajstić information content (AvgIpc) is 3.16.